The van der Waals surface area contributed by atoms with Crippen LogP contribution in [0.1, 0.15) is 20.3 Å². The van der Waals surface area contributed by atoms with Crippen molar-refractivity contribution in [1.29, 1.82) is 0 Å². The lowest BCUT2D eigenvalue weighted by Crippen LogP contribution is -2.08. The van der Waals surface area contributed by atoms with Gasteiger partial charge in [0.05, 0.1) is 5.71 Å². The molecule has 3 heteroatoms. The van der Waals surface area contributed by atoms with Crippen LogP contribution in [0.2, 0.25) is 0 Å². The highest BCUT2D eigenvalue weighted by Crippen LogP contribution is 2.03. The van der Waals surface area contributed by atoms with Crippen LogP contribution in [0.4, 0.5) is 4.39 Å². The van der Waals surface area contributed by atoms with Crippen molar-refractivity contribution in [3.63, 3.8) is 0 Å². The standard InChI is InChI=1S/C8H15FN2/c1-5-7(9)8(6-2)10-11(3)4/h5H,6H2,1-4H3/b7-5+,10-8+. The van der Waals surface area contributed by atoms with Crippen LogP contribution in [-0.2, 0) is 0 Å². The molecule has 0 saturated carbocycles. The van der Waals surface area contributed by atoms with Crippen LogP contribution in [0.25, 0.3) is 0 Å². The van der Waals surface area contributed by atoms with E-state index in [1.54, 1.807) is 26.0 Å². The molecule has 0 fully saturated rings. The van der Waals surface area contributed by atoms with Gasteiger partial charge >= 0.3 is 0 Å². The second-order valence-corrected chi connectivity index (χ2v) is 2.38. The summed E-state index contributed by atoms with van der Waals surface area (Å²) in [6.45, 7) is 3.54. The lowest BCUT2D eigenvalue weighted by molar-refractivity contribution is 0.434. The smallest absolute Gasteiger partial charge is 0.142 e. The third kappa shape index (κ3) is 3.75. The highest BCUT2D eigenvalue weighted by molar-refractivity contribution is 5.97. The Hall–Kier alpha value is -0.860. The van der Waals surface area contributed by atoms with E-state index in [1.807, 2.05) is 6.92 Å². The molecular weight excluding hydrogens is 143 g/mol. The number of halogens is 1. The van der Waals surface area contributed by atoms with Gasteiger partial charge in [0.1, 0.15) is 5.83 Å². The fourth-order valence-corrected chi connectivity index (χ4v) is 0.695. The Morgan fingerprint density at radius 2 is 2.09 bits per heavy atom. The van der Waals surface area contributed by atoms with Gasteiger partial charge in [-0.25, -0.2) is 4.39 Å². The predicted octanol–water partition coefficient (Wildman–Crippen LogP) is 2.19. The van der Waals surface area contributed by atoms with Crippen LogP contribution < -0.4 is 0 Å². The van der Waals surface area contributed by atoms with Gasteiger partial charge in [-0.05, 0) is 19.4 Å². The maximum absolute atomic E-state index is 12.9. The molecule has 0 spiro atoms. The van der Waals surface area contributed by atoms with Crippen LogP contribution in [0.15, 0.2) is 17.0 Å². The average molecular weight is 158 g/mol. The maximum atomic E-state index is 12.9. The van der Waals surface area contributed by atoms with E-state index >= 15 is 0 Å². The van der Waals surface area contributed by atoms with E-state index in [1.165, 1.54) is 6.08 Å². The fourth-order valence-electron chi connectivity index (χ4n) is 0.695. The lowest BCUT2D eigenvalue weighted by Gasteiger charge is -2.06. The van der Waals surface area contributed by atoms with Gasteiger partial charge in [0, 0.05) is 14.1 Å². The maximum Gasteiger partial charge on any atom is 0.142 e. The number of rotatable bonds is 3. The van der Waals surface area contributed by atoms with Gasteiger partial charge in [-0.1, -0.05) is 6.92 Å². The minimum atomic E-state index is -0.235. The first-order valence-electron chi connectivity index (χ1n) is 3.68. The van der Waals surface area contributed by atoms with Crippen molar-refractivity contribution < 1.29 is 4.39 Å². The molecule has 0 aromatic heterocycles. The number of hydrogen-bond donors (Lipinski definition) is 0. The average Bonchev–Trinajstić information content (AvgIpc) is 1.98. The summed E-state index contributed by atoms with van der Waals surface area (Å²) >= 11 is 0. The molecule has 0 aliphatic heterocycles. The Morgan fingerprint density at radius 3 is 2.36 bits per heavy atom. The summed E-state index contributed by atoms with van der Waals surface area (Å²) in [6, 6.07) is 0. The molecule has 0 unspecified atom stereocenters. The van der Waals surface area contributed by atoms with E-state index in [4.69, 9.17) is 0 Å². The van der Waals surface area contributed by atoms with Crippen LogP contribution in [-0.4, -0.2) is 24.8 Å². The van der Waals surface area contributed by atoms with E-state index in [-0.39, 0.29) is 5.83 Å². The second-order valence-electron chi connectivity index (χ2n) is 2.38. The normalized spacial score (nSPS) is 13.5. The Labute approximate surface area is 67.4 Å². The highest BCUT2D eigenvalue weighted by atomic mass is 19.1. The van der Waals surface area contributed by atoms with Gasteiger partial charge in [0.25, 0.3) is 0 Å². The zero-order valence-corrected chi connectivity index (χ0v) is 7.56. The first-order chi connectivity index (χ1) is 5.11. The minimum absolute atomic E-state index is 0.235. The number of allylic oxidation sites excluding steroid dienone is 2. The number of nitrogens with zero attached hydrogens (tertiary/aromatic N) is 2. The number of hydrogen-bond acceptors (Lipinski definition) is 2. The SMILES string of the molecule is C/C=C(F)\C(CC)=N\N(C)C. The summed E-state index contributed by atoms with van der Waals surface area (Å²) in [5, 5.41) is 5.57. The molecule has 0 atom stereocenters. The predicted molar refractivity (Wildman–Crippen MR) is 46.3 cm³/mol. The van der Waals surface area contributed by atoms with Crippen molar-refractivity contribution in [3.8, 4) is 0 Å². The number of hydrazone groups is 1. The molecule has 0 rings (SSSR count). The van der Waals surface area contributed by atoms with E-state index in [2.05, 4.69) is 5.10 Å². The van der Waals surface area contributed by atoms with Crippen LogP contribution in [0, 0.1) is 0 Å². The molecule has 0 amide bonds. The van der Waals surface area contributed by atoms with Gasteiger partial charge in [0.15, 0.2) is 0 Å². The molecule has 0 heterocycles. The molecule has 0 aliphatic rings. The Kier molecular flexibility index (Phi) is 4.50. The van der Waals surface area contributed by atoms with E-state index < -0.39 is 0 Å². The van der Waals surface area contributed by atoms with E-state index in [9.17, 15) is 4.39 Å². The molecule has 11 heavy (non-hydrogen) atoms. The highest BCUT2D eigenvalue weighted by Gasteiger charge is 2.01. The Bertz CT molecular complexity index is 171. The minimum Gasteiger partial charge on any atom is -0.303 e. The zero-order valence-electron chi connectivity index (χ0n) is 7.56. The third-order valence-corrected chi connectivity index (χ3v) is 1.18. The largest absolute Gasteiger partial charge is 0.303 e. The molecule has 0 aromatic carbocycles. The first kappa shape index (κ1) is 10.1. The molecule has 0 N–H and O–H groups in total. The topological polar surface area (TPSA) is 15.6 Å². The summed E-state index contributed by atoms with van der Waals surface area (Å²) in [6.07, 6.45) is 2.04. The molecule has 2 nitrogen and oxygen atoms in total. The van der Waals surface area contributed by atoms with Crippen LogP contribution in [0.3, 0.4) is 0 Å². The summed E-state index contributed by atoms with van der Waals surface area (Å²) < 4.78 is 12.9. The summed E-state index contributed by atoms with van der Waals surface area (Å²) in [5.74, 6) is -0.235. The molecule has 0 aromatic rings. The van der Waals surface area contributed by atoms with Crippen molar-refractivity contribution in [2.75, 3.05) is 14.1 Å². The monoisotopic (exact) mass is 158 g/mol. The van der Waals surface area contributed by atoms with Gasteiger partial charge in [-0.3, -0.25) is 0 Å². The first-order valence-corrected chi connectivity index (χ1v) is 3.68. The van der Waals surface area contributed by atoms with Gasteiger partial charge < -0.3 is 5.01 Å². The Balaban J connectivity index is 4.40. The quantitative estimate of drug-likeness (QED) is 0.454. The van der Waals surface area contributed by atoms with Crippen molar-refractivity contribution in [3.05, 3.63) is 11.9 Å². The summed E-state index contributed by atoms with van der Waals surface area (Å²) in [7, 11) is 3.55. The summed E-state index contributed by atoms with van der Waals surface area (Å²) in [4.78, 5) is 0. The van der Waals surface area contributed by atoms with E-state index in [0.717, 1.165) is 0 Å². The van der Waals surface area contributed by atoms with Crippen molar-refractivity contribution >= 4 is 5.71 Å². The molecule has 0 saturated heterocycles. The summed E-state index contributed by atoms with van der Waals surface area (Å²) in [5.41, 5.74) is 0.498. The van der Waals surface area contributed by atoms with Crippen molar-refractivity contribution in [1.82, 2.24) is 5.01 Å². The van der Waals surface area contributed by atoms with Gasteiger partial charge in [0.2, 0.25) is 0 Å². The van der Waals surface area contributed by atoms with Gasteiger partial charge in [-0.15, -0.1) is 0 Å². The molecule has 64 valence electrons. The molecule has 0 bridgehead atoms. The van der Waals surface area contributed by atoms with E-state index in [0.29, 0.717) is 12.1 Å². The lowest BCUT2D eigenvalue weighted by atomic mass is 10.2. The third-order valence-electron chi connectivity index (χ3n) is 1.18. The van der Waals surface area contributed by atoms with Gasteiger partial charge in [-0.2, -0.15) is 5.10 Å². The zero-order chi connectivity index (χ0) is 8.85. The molecule has 0 radical (unpaired) electrons. The van der Waals surface area contributed by atoms with Crippen molar-refractivity contribution in [2.45, 2.75) is 20.3 Å². The molecular formula is C8H15FN2. The van der Waals surface area contributed by atoms with Crippen molar-refractivity contribution in [2.24, 2.45) is 5.10 Å². The Morgan fingerprint density at radius 1 is 1.55 bits per heavy atom. The fraction of sp³-hybridized carbons (Fsp3) is 0.625. The van der Waals surface area contributed by atoms with Crippen LogP contribution in [0.5, 0.6) is 0 Å². The van der Waals surface area contributed by atoms with Crippen LogP contribution >= 0.6 is 0 Å². The molecule has 0 aliphatic carbocycles. The second kappa shape index (κ2) is 4.88.